The van der Waals surface area contributed by atoms with Crippen LogP contribution in [-0.4, -0.2) is 11.1 Å². The third kappa shape index (κ3) is 7.94. The van der Waals surface area contributed by atoms with E-state index in [1.807, 2.05) is 0 Å². The van der Waals surface area contributed by atoms with E-state index in [1.54, 1.807) is 0 Å². The Morgan fingerprint density at radius 3 is 1.19 bits per heavy atom. The molecule has 3 aliphatic rings. The third-order valence-corrected chi connectivity index (χ3v) is 8.72. The molecule has 3 atom stereocenters. The van der Waals surface area contributed by atoms with Gasteiger partial charge in [0.05, 0.1) is 0 Å². The maximum absolute atomic E-state index is 12.9. The van der Waals surface area contributed by atoms with Crippen molar-refractivity contribution >= 4 is 5.97 Å². The lowest BCUT2D eigenvalue weighted by atomic mass is 9.53. The molecule has 3 aliphatic carbocycles. The number of carboxylic acid groups (broad SMARTS) is 1. The number of aliphatic carboxylic acids is 1. The highest BCUT2D eigenvalue weighted by molar-refractivity contribution is 5.88. The Hall–Kier alpha value is -2.11. The van der Waals surface area contributed by atoms with Gasteiger partial charge in [-0.25, -0.2) is 4.79 Å². The number of hydrogen-bond acceptors (Lipinski definition) is 1. The molecule has 36 heavy (non-hydrogen) atoms. The summed E-state index contributed by atoms with van der Waals surface area (Å²) in [5, 5.41) is 10.5. The van der Waals surface area contributed by atoms with Crippen LogP contribution in [0.15, 0.2) is 12.2 Å². The van der Waals surface area contributed by atoms with E-state index in [1.165, 1.54) is 57.8 Å². The van der Waals surface area contributed by atoms with Crippen LogP contribution in [0.5, 0.6) is 0 Å². The molecule has 0 aromatic heterocycles. The highest BCUT2D eigenvalue weighted by Gasteiger charge is 2.53. The van der Waals surface area contributed by atoms with Crippen LogP contribution in [0, 0.1) is 58.7 Å². The highest BCUT2D eigenvalue weighted by Crippen LogP contribution is 2.54. The second kappa shape index (κ2) is 15.9. The van der Waals surface area contributed by atoms with Crippen LogP contribution < -0.4 is 0 Å². The average Bonchev–Trinajstić information content (AvgIpc) is 2.90. The molecule has 196 valence electrons. The Morgan fingerprint density at radius 1 is 0.556 bits per heavy atom. The summed E-state index contributed by atoms with van der Waals surface area (Å²) < 4.78 is 0. The fraction of sp³-hybridized carbons (Fsp3) is 0.735. The molecule has 0 aliphatic heterocycles. The lowest BCUT2D eigenvalue weighted by Gasteiger charge is -2.47. The molecule has 0 bridgehead atoms. The first-order valence-corrected chi connectivity index (χ1v) is 15.0. The van der Waals surface area contributed by atoms with E-state index in [9.17, 15) is 9.90 Å². The topological polar surface area (TPSA) is 37.3 Å². The molecule has 0 aromatic carbocycles. The SMILES string of the molecule is C=C(C(=O)O)C(C1C#CCCCCCCC1)(C1C#CCCCCCCC1)C1C#CCCCCCCC1. The smallest absolute Gasteiger partial charge is 0.331 e. The number of carboxylic acids is 1. The van der Waals surface area contributed by atoms with Gasteiger partial charge < -0.3 is 5.11 Å². The lowest BCUT2D eigenvalue weighted by molar-refractivity contribution is -0.135. The van der Waals surface area contributed by atoms with Gasteiger partial charge in [0.2, 0.25) is 0 Å². The molecule has 0 spiro atoms. The van der Waals surface area contributed by atoms with E-state index in [-0.39, 0.29) is 17.8 Å². The first kappa shape index (κ1) is 28.5. The standard InChI is InChI=1S/C34H48O2/c1-29(33(35)36)34(30-23-17-11-5-2-6-12-18-24-30,31-25-19-13-7-3-8-14-20-26-31)32-27-21-15-9-4-10-16-22-28-32/h30-32H,1-17,19,21,23,25,27H2,(H,35,36). The van der Waals surface area contributed by atoms with Gasteiger partial charge >= 0.3 is 5.97 Å². The van der Waals surface area contributed by atoms with Crippen LogP contribution in [-0.2, 0) is 4.79 Å². The van der Waals surface area contributed by atoms with Gasteiger partial charge in [0.15, 0.2) is 0 Å². The van der Waals surface area contributed by atoms with E-state index in [0.29, 0.717) is 5.57 Å². The van der Waals surface area contributed by atoms with Gasteiger partial charge in [-0.2, -0.15) is 0 Å². The van der Waals surface area contributed by atoms with Crippen molar-refractivity contribution in [2.75, 3.05) is 0 Å². The Bertz CT molecular complexity index is 795. The Balaban J connectivity index is 2.20. The Labute approximate surface area is 221 Å². The number of carbonyl (C=O) groups is 1. The molecule has 0 radical (unpaired) electrons. The van der Waals surface area contributed by atoms with Crippen molar-refractivity contribution in [2.24, 2.45) is 23.2 Å². The summed E-state index contributed by atoms with van der Waals surface area (Å²) >= 11 is 0. The zero-order valence-corrected chi connectivity index (χ0v) is 22.6. The molecule has 2 nitrogen and oxygen atoms in total. The second-order valence-electron chi connectivity index (χ2n) is 11.3. The summed E-state index contributed by atoms with van der Waals surface area (Å²) in [6.07, 6.45) is 23.2. The minimum absolute atomic E-state index is 0.0521. The highest BCUT2D eigenvalue weighted by atomic mass is 16.4. The monoisotopic (exact) mass is 488 g/mol. The van der Waals surface area contributed by atoms with E-state index in [0.717, 1.165) is 77.0 Å². The molecule has 0 saturated carbocycles. The Morgan fingerprint density at radius 2 is 0.861 bits per heavy atom. The minimum Gasteiger partial charge on any atom is -0.478 e. The summed E-state index contributed by atoms with van der Waals surface area (Å²) in [4.78, 5) is 12.9. The molecule has 0 amide bonds. The van der Waals surface area contributed by atoms with Crippen molar-refractivity contribution in [1.82, 2.24) is 0 Å². The predicted molar refractivity (Wildman–Crippen MR) is 150 cm³/mol. The second-order valence-corrected chi connectivity index (χ2v) is 11.3. The van der Waals surface area contributed by atoms with Gasteiger partial charge in [0.1, 0.15) is 0 Å². The van der Waals surface area contributed by atoms with Crippen LogP contribution in [0.4, 0.5) is 0 Å². The summed E-state index contributed by atoms with van der Waals surface area (Å²) in [6.45, 7) is 4.34. The zero-order valence-electron chi connectivity index (χ0n) is 22.6. The van der Waals surface area contributed by atoms with Gasteiger partial charge in [0, 0.05) is 48.0 Å². The molecule has 0 fully saturated rings. The molecule has 0 heterocycles. The first-order chi connectivity index (χ1) is 17.7. The maximum Gasteiger partial charge on any atom is 0.331 e. The van der Waals surface area contributed by atoms with Crippen LogP contribution in [0.1, 0.15) is 135 Å². The fourth-order valence-corrected chi connectivity index (χ4v) is 6.70. The molecular weight excluding hydrogens is 440 g/mol. The van der Waals surface area contributed by atoms with Crippen LogP contribution >= 0.6 is 0 Å². The van der Waals surface area contributed by atoms with Crippen LogP contribution in [0.2, 0.25) is 0 Å². The van der Waals surface area contributed by atoms with E-state index in [2.05, 4.69) is 42.1 Å². The zero-order chi connectivity index (χ0) is 25.5. The van der Waals surface area contributed by atoms with Crippen molar-refractivity contribution in [3.8, 4) is 35.5 Å². The summed E-state index contributed by atoms with van der Waals surface area (Å²) in [5.74, 6) is 20.5. The van der Waals surface area contributed by atoms with E-state index in [4.69, 9.17) is 0 Å². The van der Waals surface area contributed by atoms with Crippen molar-refractivity contribution in [3.05, 3.63) is 12.2 Å². The Kier molecular flexibility index (Phi) is 12.6. The van der Waals surface area contributed by atoms with Crippen molar-refractivity contribution in [3.63, 3.8) is 0 Å². The van der Waals surface area contributed by atoms with Gasteiger partial charge in [-0.05, 0) is 38.5 Å². The molecular formula is C34H48O2. The number of hydrogen-bond donors (Lipinski definition) is 1. The summed E-state index contributed by atoms with van der Waals surface area (Å²) in [5.41, 5.74) is -0.386. The van der Waals surface area contributed by atoms with Gasteiger partial charge in [-0.1, -0.05) is 101 Å². The van der Waals surface area contributed by atoms with Gasteiger partial charge in [-0.3, -0.25) is 0 Å². The predicted octanol–water partition coefficient (Wildman–Crippen LogP) is 8.71. The largest absolute Gasteiger partial charge is 0.478 e. The molecule has 3 unspecified atom stereocenters. The lowest BCUT2D eigenvalue weighted by Crippen LogP contribution is -2.47. The molecule has 1 N–H and O–H groups in total. The normalized spacial score (nSPS) is 28.2. The quantitative estimate of drug-likeness (QED) is 0.310. The van der Waals surface area contributed by atoms with Crippen molar-refractivity contribution in [1.29, 1.82) is 0 Å². The van der Waals surface area contributed by atoms with Crippen molar-refractivity contribution in [2.45, 2.75) is 135 Å². The number of rotatable bonds is 5. The molecule has 3 rings (SSSR count). The molecule has 0 saturated heterocycles. The molecule has 0 aromatic rings. The third-order valence-electron chi connectivity index (χ3n) is 8.72. The van der Waals surface area contributed by atoms with Gasteiger partial charge in [0.25, 0.3) is 0 Å². The van der Waals surface area contributed by atoms with E-state index >= 15 is 0 Å². The van der Waals surface area contributed by atoms with Crippen molar-refractivity contribution < 1.29 is 9.90 Å². The van der Waals surface area contributed by atoms with E-state index < -0.39 is 11.4 Å². The summed E-state index contributed by atoms with van der Waals surface area (Å²) in [7, 11) is 0. The average molecular weight is 489 g/mol. The summed E-state index contributed by atoms with van der Waals surface area (Å²) in [6, 6.07) is 0. The fourth-order valence-electron chi connectivity index (χ4n) is 6.70. The first-order valence-electron chi connectivity index (χ1n) is 15.0. The van der Waals surface area contributed by atoms with Crippen LogP contribution in [0.25, 0.3) is 0 Å². The minimum atomic E-state index is -0.883. The van der Waals surface area contributed by atoms with Crippen LogP contribution in [0.3, 0.4) is 0 Å². The maximum atomic E-state index is 12.9. The molecule has 2 heteroatoms. The van der Waals surface area contributed by atoms with Gasteiger partial charge in [-0.15, -0.1) is 17.8 Å².